The number of nitrogens with two attached hydrogens (primary N) is 1. The number of hydrogen-bond acceptors (Lipinski definition) is 4. The third-order valence-corrected chi connectivity index (χ3v) is 6.01. The molecule has 2 aromatic carbocycles. The number of carbonyl (C=O) groups excluding carboxylic acids is 1. The zero-order valence-corrected chi connectivity index (χ0v) is 17.3. The molecule has 0 saturated carbocycles. The molecule has 0 saturated heterocycles. The highest BCUT2D eigenvalue weighted by Crippen LogP contribution is 2.38. The number of benzene rings is 2. The summed E-state index contributed by atoms with van der Waals surface area (Å²) >= 11 is 14.1. The summed E-state index contributed by atoms with van der Waals surface area (Å²) in [4.78, 5) is 16.8. The highest BCUT2D eigenvalue weighted by molar-refractivity contribution is 8.13. The summed E-state index contributed by atoms with van der Waals surface area (Å²) in [5, 5.41) is 4.68. The van der Waals surface area contributed by atoms with Crippen LogP contribution in [0.25, 0.3) is 0 Å². The van der Waals surface area contributed by atoms with Crippen LogP contribution in [-0.4, -0.2) is 11.1 Å². The minimum atomic E-state index is -0.588. The molecule has 1 aliphatic heterocycles. The first kappa shape index (κ1) is 19.8. The van der Waals surface area contributed by atoms with Gasteiger partial charge < -0.3 is 11.1 Å². The van der Waals surface area contributed by atoms with E-state index in [1.807, 2.05) is 19.1 Å². The fourth-order valence-electron chi connectivity index (χ4n) is 2.95. The van der Waals surface area contributed by atoms with E-state index in [0.29, 0.717) is 32.0 Å². The van der Waals surface area contributed by atoms with Crippen molar-refractivity contribution in [1.82, 2.24) is 5.32 Å². The number of primary amides is 1. The van der Waals surface area contributed by atoms with Crippen LogP contribution in [0.4, 0.5) is 0 Å². The van der Waals surface area contributed by atoms with Crippen molar-refractivity contribution >= 4 is 46.0 Å². The molecule has 7 heteroatoms. The van der Waals surface area contributed by atoms with Crippen LogP contribution in [0.3, 0.4) is 0 Å². The van der Waals surface area contributed by atoms with Gasteiger partial charge in [0.2, 0.25) is 5.91 Å². The molecule has 3 rings (SSSR count). The average Bonchev–Trinajstić information content (AvgIpc) is 2.61. The number of thioether (sulfide) groups is 1. The highest BCUT2D eigenvalue weighted by Gasteiger charge is 2.29. The van der Waals surface area contributed by atoms with E-state index >= 15 is 0 Å². The molecular formula is C20H19Cl2N3OS. The van der Waals surface area contributed by atoms with Gasteiger partial charge in [-0.2, -0.15) is 0 Å². The molecule has 27 heavy (non-hydrogen) atoms. The molecule has 1 aliphatic rings. The first-order chi connectivity index (χ1) is 12.9. The molecule has 2 aromatic rings. The Morgan fingerprint density at radius 2 is 1.96 bits per heavy atom. The van der Waals surface area contributed by atoms with Gasteiger partial charge in [0.1, 0.15) is 6.04 Å². The maximum Gasteiger partial charge on any atom is 0.248 e. The number of nitrogens with zero attached hydrogens (tertiary/aromatic N) is 1. The van der Waals surface area contributed by atoms with Crippen LogP contribution in [0.15, 0.2) is 58.7 Å². The van der Waals surface area contributed by atoms with E-state index in [2.05, 4.69) is 30.4 Å². The SMILES string of the molecule is CC1=C(C(N)=O)[C@@H](c2cccc(Cl)c2Cl)N=C(SCc2cccc(C)c2)N1. The van der Waals surface area contributed by atoms with Gasteiger partial charge in [-0.25, -0.2) is 4.99 Å². The second kappa shape index (κ2) is 8.38. The molecule has 0 unspecified atom stereocenters. The Labute approximate surface area is 172 Å². The summed E-state index contributed by atoms with van der Waals surface area (Å²) in [7, 11) is 0. The van der Waals surface area contributed by atoms with Crippen molar-refractivity contribution in [2.75, 3.05) is 0 Å². The maximum absolute atomic E-state index is 12.0. The van der Waals surface area contributed by atoms with Gasteiger partial charge in [-0.15, -0.1) is 0 Å². The predicted octanol–water partition coefficient (Wildman–Crippen LogP) is 4.99. The number of aryl methyl sites for hydroxylation is 1. The second-order valence-corrected chi connectivity index (χ2v) is 8.03. The summed E-state index contributed by atoms with van der Waals surface area (Å²) in [6.07, 6.45) is 0. The zero-order valence-electron chi connectivity index (χ0n) is 14.9. The number of amidine groups is 1. The molecule has 4 nitrogen and oxygen atoms in total. The predicted molar refractivity (Wildman–Crippen MR) is 114 cm³/mol. The van der Waals surface area contributed by atoms with E-state index in [1.54, 1.807) is 23.9 Å². The fourth-order valence-corrected chi connectivity index (χ4v) is 4.25. The molecule has 0 aromatic heterocycles. The Kier molecular flexibility index (Phi) is 6.15. The third-order valence-electron chi connectivity index (χ3n) is 4.22. The lowest BCUT2D eigenvalue weighted by molar-refractivity contribution is -0.114. The Morgan fingerprint density at radius 1 is 1.22 bits per heavy atom. The number of carbonyl (C=O) groups is 1. The molecule has 1 amide bonds. The number of allylic oxidation sites excluding steroid dienone is 1. The Balaban J connectivity index is 1.92. The average molecular weight is 420 g/mol. The minimum Gasteiger partial charge on any atom is -0.366 e. The Bertz CT molecular complexity index is 956. The van der Waals surface area contributed by atoms with Crippen LogP contribution in [-0.2, 0) is 10.5 Å². The summed E-state index contributed by atoms with van der Waals surface area (Å²) in [5.41, 5.74) is 9.74. The van der Waals surface area contributed by atoms with Gasteiger partial charge in [-0.05, 0) is 25.5 Å². The van der Waals surface area contributed by atoms with Crippen molar-refractivity contribution in [3.63, 3.8) is 0 Å². The number of halogens is 2. The van der Waals surface area contributed by atoms with Gasteiger partial charge in [0.05, 0.1) is 15.6 Å². The monoisotopic (exact) mass is 419 g/mol. The molecule has 0 aliphatic carbocycles. The fraction of sp³-hybridized carbons (Fsp3) is 0.200. The van der Waals surface area contributed by atoms with Crippen LogP contribution < -0.4 is 11.1 Å². The lowest BCUT2D eigenvalue weighted by Gasteiger charge is -2.26. The summed E-state index contributed by atoms with van der Waals surface area (Å²) in [6.45, 7) is 3.88. The van der Waals surface area contributed by atoms with Crippen molar-refractivity contribution in [2.24, 2.45) is 10.7 Å². The number of hydrogen-bond donors (Lipinski definition) is 2. The third kappa shape index (κ3) is 4.49. The lowest BCUT2D eigenvalue weighted by Crippen LogP contribution is -2.32. The van der Waals surface area contributed by atoms with E-state index in [0.717, 1.165) is 5.75 Å². The van der Waals surface area contributed by atoms with Crippen molar-refractivity contribution in [2.45, 2.75) is 25.6 Å². The molecule has 140 valence electrons. The van der Waals surface area contributed by atoms with E-state index in [4.69, 9.17) is 33.9 Å². The van der Waals surface area contributed by atoms with Crippen molar-refractivity contribution in [3.8, 4) is 0 Å². The maximum atomic E-state index is 12.0. The Morgan fingerprint density at radius 3 is 2.67 bits per heavy atom. The molecule has 0 radical (unpaired) electrons. The second-order valence-electron chi connectivity index (χ2n) is 6.29. The number of amides is 1. The van der Waals surface area contributed by atoms with E-state index in [1.165, 1.54) is 11.1 Å². The molecule has 0 spiro atoms. The number of rotatable bonds is 4. The number of nitrogens with one attached hydrogen (secondary N) is 1. The number of aliphatic imine (C=N–C) groups is 1. The van der Waals surface area contributed by atoms with Gasteiger partial charge in [0.15, 0.2) is 5.17 Å². The lowest BCUT2D eigenvalue weighted by atomic mass is 9.96. The normalized spacial score (nSPS) is 16.7. The van der Waals surface area contributed by atoms with E-state index < -0.39 is 11.9 Å². The van der Waals surface area contributed by atoms with E-state index in [-0.39, 0.29) is 0 Å². The molecular weight excluding hydrogens is 401 g/mol. The van der Waals surface area contributed by atoms with Crippen LogP contribution >= 0.6 is 35.0 Å². The first-order valence-corrected chi connectivity index (χ1v) is 10.1. The highest BCUT2D eigenvalue weighted by atomic mass is 35.5. The van der Waals surface area contributed by atoms with Gasteiger partial charge in [0, 0.05) is 17.0 Å². The molecule has 0 fully saturated rings. The van der Waals surface area contributed by atoms with Crippen LogP contribution in [0.2, 0.25) is 10.0 Å². The first-order valence-electron chi connectivity index (χ1n) is 8.34. The molecule has 1 atom stereocenters. The minimum absolute atomic E-state index is 0.379. The van der Waals surface area contributed by atoms with Crippen molar-refractivity contribution in [1.29, 1.82) is 0 Å². The smallest absolute Gasteiger partial charge is 0.248 e. The van der Waals surface area contributed by atoms with E-state index in [9.17, 15) is 4.79 Å². The van der Waals surface area contributed by atoms with Crippen LogP contribution in [0, 0.1) is 6.92 Å². The van der Waals surface area contributed by atoms with Gasteiger partial charge in [-0.1, -0.05) is 76.9 Å². The topological polar surface area (TPSA) is 67.5 Å². The van der Waals surface area contributed by atoms with Crippen molar-refractivity contribution < 1.29 is 4.79 Å². The van der Waals surface area contributed by atoms with Crippen molar-refractivity contribution in [3.05, 3.63) is 80.5 Å². The summed E-state index contributed by atoms with van der Waals surface area (Å²) < 4.78 is 0. The van der Waals surface area contributed by atoms with Crippen LogP contribution in [0.1, 0.15) is 29.7 Å². The van der Waals surface area contributed by atoms with Gasteiger partial charge >= 0.3 is 0 Å². The standard InChI is InChI=1S/C20H19Cl2N3OS/c1-11-5-3-6-13(9-11)10-27-20-24-12(2)16(19(23)26)18(25-20)14-7-4-8-15(21)17(14)22/h3-9,18H,10H2,1-2H3,(H2,23,26)(H,24,25)/t18-/m1/s1. The van der Waals surface area contributed by atoms with Crippen LogP contribution in [0.5, 0.6) is 0 Å². The molecule has 0 bridgehead atoms. The summed E-state index contributed by atoms with van der Waals surface area (Å²) in [6, 6.07) is 13.0. The zero-order chi connectivity index (χ0) is 19.6. The van der Waals surface area contributed by atoms with Gasteiger partial charge in [-0.3, -0.25) is 4.79 Å². The largest absolute Gasteiger partial charge is 0.366 e. The quantitative estimate of drug-likeness (QED) is 0.732. The Hall–Kier alpha value is -1.95. The van der Waals surface area contributed by atoms with Gasteiger partial charge in [0.25, 0.3) is 0 Å². The summed E-state index contributed by atoms with van der Waals surface area (Å²) in [5.74, 6) is 0.218. The molecule has 1 heterocycles. The molecule has 3 N–H and O–H groups in total.